The zero-order valence-electron chi connectivity index (χ0n) is 16.4. The molecular formula is C20H21F4N3O3. The molecule has 162 valence electrons. The number of hydrogen-bond acceptors (Lipinski definition) is 4. The van der Waals surface area contributed by atoms with Crippen molar-refractivity contribution in [1.82, 2.24) is 4.90 Å². The van der Waals surface area contributed by atoms with Crippen molar-refractivity contribution >= 4 is 17.4 Å². The molecule has 0 atom stereocenters. The van der Waals surface area contributed by atoms with Crippen molar-refractivity contribution in [2.45, 2.75) is 6.18 Å². The molecule has 2 amide bonds. The Kier molecular flexibility index (Phi) is 6.23. The minimum absolute atomic E-state index is 0.307. The summed E-state index contributed by atoms with van der Waals surface area (Å²) in [4.78, 5) is 15.9. The molecule has 1 heterocycles. The lowest BCUT2D eigenvalue weighted by Gasteiger charge is -2.36. The molecule has 0 saturated carbocycles. The van der Waals surface area contributed by atoms with Gasteiger partial charge in [-0.05, 0) is 24.3 Å². The molecule has 10 heteroatoms. The molecule has 0 unspecified atom stereocenters. The highest BCUT2D eigenvalue weighted by molar-refractivity contribution is 5.89. The number of benzene rings is 2. The van der Waals surface area contributed by atoms with Gasteiger partial charge in [-0.1, -0.05) is 6.07 Å². The fraction of sp³-hybridized carbons (Fsp3) is 0.350. The second-order valence-corrected chi connectivity index (χ2v) is 6.61. The molecule has 2 aromatic rings. The van der Waals surface area contributed by atoms with Gasteiger partial charge in [0, 0.05) is 32.2 Å². The van der Waals surface area contributed by atoms with Crippen LogP contribution in [0.25, 0.3) is 0 Å². The van der Waals surface area contributed by atoms with Crippen molar-refractivity contribution in [3.63, 3.8) is 0 Å². The van der Waals surface area contributed by atoms with E-state index in [2.05, 4.69) is 5.32 Å². The standard InChI is InChI=1S/C20H21F4N3O3/c1-29-13-6-7-16(17(12-13)30-2)26-8-10-27(11-9-26)19(28)25-15-5-3-4-14(18(15)21)20(22,23)24/h3-7,12H,8-11H2,1-2H3,(H,25,28). The minimum Gasteiger partial charge on any atom is -0.497 e. The highest BCUT2D eigenvalue weighted by Gasteiger charge is 2.35. The van der Waals surface area contributed by atoms with Gasteiger partial charge in [-0.15, -0.1) is 0 Å². The predicted octanol–water partition coefficient (Wildman–Crippen LogP) is 4.22. The second-order valence-electron chi connectivity index (χ2n) is 6.61. The number of nitrogens with one attached hydrogen (secondary N) is 1. The SMILES string of the molecule is COc1ccc(N2CCN(C(=O)Nc3cccc(C(F)(F)F)c3F)CC2)c(OC)c1. The molecule has 0 bridgehead atoms. The number of carbonyl (C=O) groups excluding carboxylic acids is 1. The van der Waals surface area contributed by atoms with Gasteiger partial charge in [-0.25, -0.2) is 9.18 Å². The third-order valence-electron chi connectivity index (χ3n) is 4.84. The highest BCUT2D eigenvalue weighted by Crippen LogP contribution is 2.34. The third-order valence-corrected chi connectivity index (χ3v) is 4.84. The summed E-state index contributed by atoms with van der Waals surface area (Å²) in [5.74, 6) is -0.227. The molecule has 0 aromatic heterocycles. The highest BCUT2D eigenvalue weighted by atomic mass is 19.4. The van der Waals surface area contributed by atoms with Gasteiger partial charge >= 0.3 is 12.2 Å². The molecule has 0 spiro atoms. The Bertz CT molecular complexity index is 913. The summed E-state index contributed by atoms with van der Waals surface area (Å²) >= 11 is 0. The molecule has 0 aliphatic carbocycles. The molecule has 2 aromatic carbocycles. The van der Waals surface area contributed by atoms with Crippen molar-refractivity contribution in [2.24, 2.45) is 0 Å². The van der Waals surface area contributed by atoms with E-state index in [1.165, 1.54) is 4.90 Å². The molecule has 0 radical (unpaired) electrons. The van der Waals surface area contributed by atoms with E-state index in [1.807, 2.05) is 11.0 Å². The summed E-state index contributed by atoms with van der Waals surface area (Å²) in [6.45, 7) is 1.56. The number of nitrogens with zero attached hydrogens (tertiary/aromatic N) is 2. The molecule has 3 rings (SSSR count). The Morgan fingerprint density at radius 3 is 2.33 bits per heavy atom. The molecular weight excluding hydrogens is 406 g/mol. The van der Waals surface area contributed by atoms with Crippen LogP contribution in [0.15, 0.2) is 36.4 Å². The minimum atomic E-state index is -4.84. The smallest absolute Gasteiger partial charge is 0.419 e. The largest absolute Gasteiger partial charge is 0.497 e. The lowest BCUT2D eigenvalue weighted by atomic mass is 10.1. The fourth-order valence-corrected chi connectivity index (χ4v) is 3.24. The van der Waals surface area contributed by atoms with Crippen molar-refractivity contribution in [3.8, 4) is 11.5 Å². The summed E-state index contributed by atoms with van der Waals surface area (Å²) in [5.41, 5.74) is -1.09. The summed E-state index contributed by atoms with van der Waals surface area (Å²) < 4.78 is 63.3. The molecule has 1 N–H and O–H groups in total. The number of halogens is 4. The Balaban J connectivity index is 1.65. The molecule has 1 saturated heterocycles. The lowest BCUT2D eigenvalue weighted by Crippen LogP contribution is -2.50. The van der Waals surface area contributed by atoms with E-state index >= 15 is 0 Å². The molecule has 6 nitrogen and oxygen atoms in total. The second kappa shape index (κ2) is 8.68. The Hall–Kier alpha value is -3.17. The maximum atomic E-state index is 14.1. The van der Waals surface area contributed by atoms with Gasteiger partial charge in [0.1, 0.15) is 11.5 Å². The number of alkyl halides is 3. The number of ether oxygens (including phenoxy) is 2. The number of carbonyl (C=O) groups is 1. The first-order chi connectivity index (χ1) is 14.2. The number of anilines is 2. The average Bonchev–Trinajstić information content (AvgIpc) is 2.74. The Labute approximate surface area is 171 Å². The van der Waals surface area contributed by atoms with Crippen LogP contribution < -0.4 is 19.7 Å². The first kappa shape index (κ1) is 21.5. The Morgan fingerprint density at radius 1 is 1.03 bits per heavy atom. The van der Waals surface area contributed by atoms with Crippen LogP contribution in [0, 0.1) is 5.82 Å². The number of rotatable bonds is 4. The molecule has 1 aliphatic heterocycles. The fourth-order valence-electron chi connectivity index (χ4n) is 3.24. The van der Waals surface area contributed by atoms with E-state index in [-0.39, 0.29) is 0 Å². The van der Waals surface area contributed by atoms with Gasteiger partial charge in [0.25, 0.3) is 0 Å². The lowest BCUT2D eigenvalue weighted by molar-refractivity contribution is -0.139. The zero-order chi connectivity index (χ0) is 21.9. The number of urea groups is 1. The molecule has 30 heavy (non-hydrogen) atoms. The van der Waals surface area contributed by atoms with Crippen LogP contribution in [0.5, 0.6) is 11.5 Å². The van der Waals surface area contributed by atoms with Gasteiger partial charge in [0.15, 0.2) is 5.82 Å². The van der Waals surface area contributed by atoms with Crippen LogP contribution in [0.3, 0.4) is 0 Å². The molecule has 1 aliphatic rings. The van der Waals surface area contributed by atoms with E-state index in [9.17, 15) is 22.4 Å². The maximum Gasteiger partial charge on any atom is 0.419 e. The number of amides is 2. The van der Waals surface area contributed by atoms with E-state index in [0.29, 0.717) is 43.7 Å². The number of methoxy groups -OCH3 is 2. The van der Waals surface area contributed by atoms with E-state index in [4.69, 9.17) is 9.47 Å². The van der Waals surface area contributed by atoms with Gasteiger partial charge in [0.2, 0.25) is 0 Å². The number of hydrogen-bond donors (Lipinski definition) is 1. The number of piperazine rings is 1. The van der Waals surface area contributed by atoms with Gasteiger partial charge in [-0.2, -0.15) is 13.2 Å². The third kappa shape index (κ3) is 4.52. The van der Waals surface area contributed by atoms with Crippen molar-refractivity contribution in [1.29, 1.82) is 0 Å². The van der Waals surface area contributed by atoms with Crippen molar-refractivity contribution in [2.75, 3.05) is 50.6 Å². The summed E-state index contributed by atoms with van der Waals surface area (Å²) in [6.07, 6.45) is -4.84. The first-order valence-electron chi connectivity index (χ1n) is 9.13. The topological polar surface area (TPSA) is 54.0 Å². The van der Waals surface area contributed by atoms with Crippen LogP contribution in [0.2, 0.25) is 0 Å². The quantitative estimate of drug-likeness (QED) is 0.743. The van der Waals surface area contributed by atoms with Gasteiger partial charge < -0.3 is 24.6 Å². The normalized spacial score (nSPS) is 14.5. The first-order valence-corrected chi connectivity index (χ1v) is 9.13. The van der Waals surface area contributed by atoms with Crippen molar-refractivity contribution in [3.05, 3.63) is 47.8 Å². The predicted molar refractivity (Wildman–Crippen MR) is 104 cm³/mol. The molecule has 1 fully saturated rings. The van der Waals surface area contributed by atoms with E-state index < -0.39 is 29.3 Å². The maximum absolute atomic E-state index is 14.1. The van der Waals surface area contributed by atoms with Gasteiger partial charge in [-0.3, -0.25) is 0 Å². The monoisotopic (exact) mass is 427 g/mol. The van der Waals surface area contributed by atoms with Crippen LogP contribution in [-0.2, 0) is 6.18 Å². The average molecular weight is 427 g/mol. The van der Waals surface area contributed by atoms with Crippen LogP contribution in [0.4, 0.5) is 33.7 Å². The summed E-state index contributed by atoms with van der Waals surface area (Å²) in [5, 5.41) is 2.24. The van der Waals surface area contributed by atoms with Crippen LogP contribution >= 0.6 is 0 Å². The van der Waals surface area contributed by atoms with E-state index in [1.54, 1.807) is 26.4 Å². The van der Waals surface area contributed by atoms with E-state index in [0.717, 1.165) is 17.8 Å². The summed E-state index contributed by atoms with van der Waals surface area (Å²) in [7, 11) is 3.10. The van der Waals surface area contributed by atoms with Crippen molar-refractivity contribution < 1.29 is 31.8 Å². The van der Waals surface area contributed by atoms with Crippen LogP contribution in [-0.4, -0.2) is 51.3 Å². The zero-order valence-corrected chi connectivity index (χ0v) is 16.4. The Morgan fingerprint density at radius 2 is 1.73 bits per heavy atom. The van der Waals surface area contributed by atoms with Crippen LogP contribution in [0.1, 0.15) is 5.56 Å². The van der Waals surface area contributed by atoms with Gasteiger partial charge in [0.05, 0.1) is 31.2 Å². The summed E-state index contributed by atoms with van der Waals surface area (Å²) in [6, 6.07) is 7.53.